The third-order valence-electron chi connectivity index (χ3n) is 5.03. The van der Waals surface area contributed by atoms with Gasteiger partial charge in [-0.15, -0.1) is 13.2 Å². The van der Waals surface area contributed by atoms with Crippen LogP contribution in [0.15, 0.2) is 66.7 Å². The van der Waals surface area contributed by atoms with Gasteiger partial charge in [-0.2, -0.15) is 12.6 Å². The highest BCUT2D eigenvalue weighted by Crippen LogP contribution is 2.29. The zero-order valence-electron chi connectivity index (χ0n) is 19.5. The minimum absolute atomic E-state index is 0.169. The molecule has 3 rings (SSSR count). The van der Waals surface area contributed by atoms with E-state index in [2.05, 4.69) is 33.0 Å². The Bertz CT molecular complexity index is 1150. The molecule has 7 nitrogen and oxygen atoms in total. The summed E-state index contributed by atoms with van der Waals surface area (Å²) in [6.45, 7) is 1.74. The van der Waals surface area contributed by atoms with Crippen LogP contribution in [0.2, 0.25) is 0 Å². The maximum absolute atomic E-state index is 12.7. The molecule has 4 N–H and O–H groups in total. The van der Waals surface area contributed by atoms with Gasteiger partial charge >= 0.3 is 6.36 Å². The minimum atomic E-state index is -4.84. The number of nitrogens with zero attached hydrogens (tertiary/aromatic N) is 1. The Morgan fingerprint density at radius 1 is 1.08 bits per heavy atom. The highest BCUT2D eigenvalue weighted by Gasteiger charge is 2.32. The lowest BCUT2D eigenvalue weighted by Crippen LogP contribution is -2.36. The van der Waals surface area contributed by atoms with Crippen molar-refractivity contribution in [3.63, 3.8) is 0 Å². The molecule has 192 valence electrons. The van der Waals surface area contributed by atoms with E-state index in [0.717, 1.165) is 5.56 Å². The monoisotopic (exact) mass is 520 g/mol. The number of alkyl halides is 3. The van der Waals surface area contributed by atoms with Crippen LogP contribution >= 0.6 is 12.6 Å². The fraction of sp³-hybridized carbons (Fsp3) is 0.280. The predicted molar refractivity (Wildman–Crippen MR) is 135 cm³/mol. The number of nitrogens with two attached hydrogens (primary N) is 1. The summed E-state index contributed by atoms with van der Waals surface area (Å²) in [5.74, 6) is -0.270. The van der Waals surface area contributed by atoms with Gasteiger partial charge in [0.25, 0.3) is 5.91 Å². The Kier molecular flexibility index (Phi) is 9.43. The molecule has 0 bridgehead atoms. The SMILES string of the molecule is C[C@@H](Oc1nc(-c2ccccc2)ccc1NCC(N)CS)C(=O)NCc1ccccc1OC(F)(F)F. The van der Waals surface area contributed by atoms with Crippen LogP contribution in [0.4, 0.5) is 18.9 Å². The van der Waals surface area contributed by atoms with E-state index < -0.39 is 18.4 Å². The second-order valence-electron chi connectivity index (χ2n) is 7.87. The third kappa shape index (κ3) is 8.06. The van der Waals surface area contributed by atoms with Gasteiger partial charge in [0.2, 0.25) is 5.88 Å². The lowest BCUT2D eigenvalue weighted by molar-refractivity contribution is -0.274. The summed E-state index contributed by atoms with van der Waals surface area (Å²) in [6.07, 6.45) is -5.84. The van der Waals surface area contributed by atoms with Gasteiger partial charge in [0.05, 0.1) is 11.4 Å². The number of pyridine rings is 1. The van der Waals surface area contributed by atoms with Gasteiger partial charge in [0, 0.05) is 36.0 Å². The van der Waals surface area contributed by atoms with E-state index in [4.69, 9.17) is 10.5 Å². The summed E-state index contributed by atoms with van der Waals surface area (Å²) in [5.41, 5.74) is 8.15. The van der Waals surface area contributed by atoms with Crippen molar-refractivity contribution in [2.45, 2.75) is 32.0 Å². The van der Waals surface area contributed by atoms with Crippen LogP contribution in [-0.4, -0.2) is 41.7 Å². The third-order valence-corrected chi connectivity index (χ3v) is 5.50. The zero-order valence-corrected chi connectivity index (χ0v) is 20.4. The molecule has 1 amide bonds. The summed E-state index contributed by atoms with van der Waals surface area (Å²) >= 11 is 4.18. The Morgan fingerprint density at radius 3 is 2.47 bits per heavy atom. The van der Waals surface area contributed by atoms with Crippen LogP contribution < -0.4 is 25.8 Å². The molecule has 0 radical (unpaired) electrons. The second-order valence-corrected chi connectivity index (χ2v) is 8.24. The Morgan fingerprint density at radius 2 is 1.78 bits per heavy atom. The molecule has 2 atom stereocenters. The van der Waals surface area contributed by atoms with Crippen molar-refractivity contribution in [1.29, 1.82) is 0 Å². The number of carbonyl (C=O) groups is 1. The van der Waals surface area contributed by atoms with E-state index in [0.29, 0.717) is 23.7 Å². The van der Waals surface area contributed by atoms with E-state index >= 15 is 0 Å². The largest absolute Gasteiger partial charge is 0.573 e. The van der Waals surface area contributed by atoms with E-state index in [1.165, 1.54) is 25.1 Å². The molecule has 1 heterocycles. The molecule has 0 fully saturated rings. The van der Waals surface area contributed by atoms with Crippen LogP contribution in [0.3, 0.4) is 0 Å². The van der Waals surface area contributed by atoms with Crippen LogP contribution in [0.25, 0.3) is 11.3 Å². The van der Waals surface area contributed by atoms with Crippen molar-refractivity contribution in [3.05, 3.63) is 72.3 Å². The topological polar surface area (TPSA) is 98.5 Å². The first-order chi connectivity index (χ1) is 17.2. The minimum Gasteiger partial charge on any atom is -0.463 e. The summed E-state index contributed by atoms with van der Waals surface area (Å²) in [4.78, 5) is 17.3. The summed E-state index contributed by atoms with van der Waals surface area (Å²) in [7, 11) is 0. The summed E-state index contributed by atoms with van der Waals surface area (Å²) in [6, 6.07) is 18.4. The second kappa shape index (κ2) is 12.5. The van der Waals surface area contributed by atoms with Crippen LogP contribution in [0.1, 0.15) is 12.5 Å². The van der Waals surface area contributed by atoms with Crippen LogP contribution in [0, 0.1) is 0 Å². The number of nitrogens with one attached hydrogen (secondary N) is 2. The van der Waals surface area contributed by atoms with E-state index in [1.807, 2.05) is 36.4 Å². The molecule has 0 spiro atoms. The van der Waals surface area contributed by atoms with Crippen molar-refractivity contribution < 1.29 is 27.4 Å². The van der Waals surface area contributed by atoms with Crippen molar-refractivity contribution in [3.8, 4) is 22.9 Å². The molecule has 0 saturated carbocycles. The van der Waals surface area contributed by atoms with Crippen molar-refractivity contribution >= 4 is 24.2 Å². The lowest BCUT2D eigenvalue weighted by Gasteiger charge is -2.19. The lowest BCUT2D eigenvalue weighted by atomic mass is 10.1. The molecule has 0 saturated heterocycles. The number of hydrogen-bond donors (Lipinski definition) is 4. The highest BCUT2D eigenvalue weighted by atomic mass is 32.1. The van der Waals surface area contributed by atoms with Gasteiger partial charge in [-0.25, -0.2) is 4.98 Å². The highest BCUT2D eigenvalue weighted by molar-refractivity contribution is 7.80. The molecule has 0 aliphatic heterocycles. The molecule has 11 heteroatoms. The average molecular weight is 521 g/mol. The number of para-hydroxylation sites is 1. The average Bonchev–Trinajstić information content (AvgIpc) is 2.86. The Balaban J connectivity index is 1.73. The molecule has 1 unspecified atom stereocenters. The summed E-state index contributed by atoms with van der Waals surface area (Å²) in [5, 5.41) is 5.74. The van der Waals surface area contributed by atoms with Crippen LogP contribution in [-0.2, 0) is 11.3 Å². The zero-order chi connectivity index (χ0) is 26.1. The molecule has 0 aliphatic carbocycles. The molecule has 36 heavy (non-hydrogen) atoms. The number of amides is 1. The fourth-order valence-corrected chi connectivity index (χ4v) is 3.29. The maximum atomic E-state index is 12.7. The normalized spacial score (nSPS) is 12.9. The molecule has 0 aliphatic rings. The Labute approximate surface area is 212 Å². The van der Waals surface area contributed by atoms with Crippen molar-refractivity contribution in [1.82, 2.24) is 10.3 Å². The number of benzene rings is 2. The van der Waals surface area contributed by atoms with Crippen LogP contribution in [0.5, 0.6) is 11.6 Å². The molecule has 3 aromatic rings. The van der Waals surface area contributed by atoms with Gasteiger partial charge < -0.3 is 25.8 Å². The smallest absolute Gasteiger partial charge is 0.463 e. The number of ether oxygens (including phenoxy) is 2. The molecule has 2 aromatic carbocycles. The summed E-state index contributed by atoms with van der Waals surface area (Å²) < 4.78 is 47.9. The van der Waals surface area contributed by atoms with Gasteiger partial charge in [-0.1, -0.05) is 48.5 Å². The first-order valence-electron chi connectivity index (χ1n) is 11.1. The van der Waals surface area contributed by atoms with Gasteiger partial charge in [0.1, 0.15) is 5.75 Å². The molecular formula is C25H27F3N4O3S. The first-order valence-corrected chi connectivity index (χ1v) is 11.7. The van der Waals surface area contributed by atoms with Gasteiger partial charge in [-0.3, -0.25) is 4.79 Å². The Hall–Kier alpha value is -3.44. The number of thiol groups is 1. The first kappa shape index (κ1) is 27.2. The quantitative estimate of drug-likeness (QED) is 0.280. The van der Waals surface area contributed by atoms with Gasteiger partial charge in [-0.05, 0) is 25.1 Å². The predicted octanol–water partition coefficient (Wildman–Crippen LogP) is 4.40. The number of aromatic nitrogens is 1. The van der Waals surface area contributed by atoms with E-state index in [-0.39, 0.29) is 29.8 Å². The van der Waals surface area contributed by atoms with Crippen molar-refractivity contribution in [2.24, 2.45) is 5.73 Å². The standard InChI is InChI=1S/C25H27F3N4O3S/c1-16(23(33)31-13-18-9-5-6-10-22(18)35-25(26,27)28)34-24-21(30-14-19(29)15-36)12-11-20(32-24)17-7-3-2-4-8-17/h2-12,16,19,30,36H,13-15,29H2,1H3,(H,31,33)/t16-,19?/m1/s1. The number of carbonyl (C=O) groups excluding carboxylic acids is 1. The number of rotatable bonds is 11. The number of hydrogen-bond acceptors (Lipinski definition) is 7. The van der Waals surface area contributed by atoms with Crippen molar-refractivity contribution in [2.75, 3.05) is 17.6 Å². The van der Waals surface area contributed by atoms with Gasteiger partial charge in [0.15, 0.2) is 6.10 Å². The molecular weight excluding hydrogens is 493 g/mol. The van der Waals surface area contributed by atoms with E-state index in [1.54, 1.807) is 12.1 Å². The maximum Gasteiger partial charge on any atom is 0.573 e. The fourth-order valence-electron chi connectivity index (χ4n) is 3.16. The number of halogens is 3. The molecule has 1 aromatic heterocycles. The number of anilines is 1. The van der Waals surface area contributed by atoms with E-state index in [9.17, 15) is 18.0 Å².